The van der Waals surface area contributed by atoms with Crippen LogP contribution in [-0.2, 0) is 0 Å². The van der Waals surface area contributed by atoms with Crippen molar-refractivity contribution in [3.8, 4) is 0 Å². The van der Waals surface area contributed by atoms with Crippen molar-refractivity contribution in [2.24, 2.45) is 0 Å². The highest BCUT2D eigenvalue weighted by Gasteiger charge is 1.74. The predicted molar refractivity (Wildman–Crippen MR) is 58.0 cm³/mol. The summed E-state index contributed by atoms with van der Waals surface area (Å²) in [5, 5.41) is 2.08. The number of aromatic nitrogens is 1. The highest BCUT2D eigenvalue weighted by molar-refractivity contribution is 7.09. The summed E-state index contributed by atoms with van der Waals surface area (Å²) < 4.78 is 0. The van der Waals surface area contributed by atoms with Crippen LogP contribution in [0.25, 0.3) is 0 Å². The third-order valence-corrected chi connectivity index (χ3v) is 2.28. The summed E-state index contributed by atoms with van der Waals surface area (Å²) in [7, 11) is 0. The molecule has 0 radical (unpaired) electrons. The molecular weight excluding hydrogens is 178 g/mol. The smallest absolute Gasteiger partial charge is 0.0372 e. The van der Waals surface area contributed by atoms with Gasteiger partial charge in [-0.25, -0.2) is 0 Å². The van der Waals surface area contributed by atoms with Crippen LogP contribution in [0, 0.1) is 13.8 Å². The fraction of sp³-hybridized carbons (Fsp3) is 0.182. The van der Waals surface area contributed by atoms with Gasteiger partial charge in [0.1, 0.15) is 0 Å². The molecule has 68 valence electrons. The Morgan fingerprint density at radius 1 is 1.08 bits per heavy atom. The molecule has 0 N–H and O–H groups in total. The SMILES string of the molecule is Cc1ccccn1.Cc1cccs1. The Morgan fingerprint density at radius 2 is 1.92 bits per heavy atom. The normalized spacial score (nSPS) is 8.77. The van der Waals surface area contributed by atoms with Crippen molar-refractivity contribution >= 4 is 11.3 Å². The van der Waals surface area contributed by atoms with Crippen LogP contribution in [0.3, 0.4) is 0 Å². The minimum atomic E-state index is 1.07. The Kier molecular flexibility index (Phi) is 4.19. The molecule has 0 aromatic carbocycles. The van der Waals surface area contributed by atoms with Crippen LogP contribution in [0.2, 0.25) is 0 Å². The average molecular weight is 191 g/mol. The van der Waals surface area contributed by atoms with Crippen molar-refractivity contribution in [1.82, 2.24) is 4.98 Å². The Balaban J connectivity index is 0.000000132. The van der Waals surface area contributed by atoms with Crippen molar-refractivity contribution in [1.29, 1.82) is 0 Å². The lowest BCUT2D eigenvalue weighted by Crippen LogP contribution is -1.72. The summed E-state index contributed by atoms with van der Waals surface area (Å²) in [6.07, 6.45) is 1.79. The van der Waals surface area contributed by atoms with Crippen LogP contribution in [0.15, 0.2) is 41.9 Å². The van der Waals surface area contributed by atoms with Gasteiger partial charge in [0, 0.05) is 16.8 Å². The molecule has 0 aliphatic rings. The zero-order chi connectivity index (χ0) is 9.52. The van der Waals surface area contributed by atoms with E-state index in [0.29, 0.717) is 0 Å². The summed E-state index contributed by atoms with van der Waals surface area (Å²) >= 11 is 1.78. The van der Waals surface area contributed by atoms with Crippen LogP contribution in [0.4, 0.5) is 0 Å². The summed E-state index contributed by atoms with van der Waals surface area (Å²) in [6.45, 7) is 4.07. The first-order valence-electron chi connectivity index (χ1n) is 4.17. The maximum atomic E-state index is 3.98. The van der Waals surface area contributed by atoms with Gasteiger partial charge in [-0.3, -0.25) is 4.98 Å². The second kappa shape index (κ2) is 5.49. The number of rotatable bonds is 0. The highest BCUT2D eigenvalue weighted by Crippen LogP contribution is 2.03. The van der Waals surface area contributed by atoms with E-state index in [-0.39, 0.29) is 0 Å². The third-order valence-electron chi connectivity index (χ3n) is 1.48. The summed E-state index contributed by atoms with van der Waals surface area (Å²) in [5.74, 6) is 0. The van der Waals surface area contributed by atoms with Crippen LogP contribution < -0.4 is 0 Å². The lowest BCUT2D eigenvalue weighted by atomic mass is 10.4. The Labute approximate surface area is 83.1 Å². The largest absolute Gasteiger partial charge is 0.262 e. The van der Waals surface area contributed by atoms with Crippen LogP contribution in [0.5, 0.6) is 0 Å². The summed E-state index contributed by atoms with van der Waals surface area (Å²) in [5.41, 5.74) is 1.07. The van der Waals surface area contributed by atoms with Gasteiger partial charge in [-0.2, -0.15) is 0 Å². The number of hydrogen-bond donors (Lipinski definition) is 0. The Bertz CT molecular complexity index is 313. The van der Waals surface area contributed by atoms with E-state index in [9.17, 15) is 0 Å². The first-order chi connectivity index (χ1) is 6.29. The second-order valence-corrected chi connectivity index (χ2v) is 3.85. The molecule has 0 amide bonds. The van der Waals surface area contributed by atoms with Gasteiger partial charge in [0.05, 0.1) is 0 Å². The Morgan fingerprint density at radius 3 is 2.15 bits per heavy atom. The van der Waals surface area contributed by atoms with Gasteiger partial charge >= 0.3 is 0 Å². The number of thiophene rings is 1. The van der Waals surface area contributed by atoms with Gasteiger partial charge in [-0.1, -0.05) is 12.1 Å². The van der Waals surface area contributed by atoms with Crippen LogP contribution in [-0.4, -0.2) is 4.98 Å². The molecule has 2 aromatic heterocycles. The maximum Gasteiger partial charge on any atom is 0.0372 e. The average Bonchev–Trinajstić information content (AvgIpc) is 2.58. The molecule has 0 bridgehead atoms. The van der Waals surface area contributed by atoms with Crippen molar-refractivity contribution in [3.63, 3.8) is 0 Å². The fourth-order valence-corrected chi connectivity index (χ4v) is 1.34. The lowest BCUT2D eigenvalue weighted by molar-refractivity contribution is 1.20. The van der Waals surface area contributed by atoms with E-state index < -0.39 is 0 Å². The van der Waals surface area contributed by atoms with Crippen molar-refractivity contribution in [3.05, 3.63) is 52.5 Å². The van der Waals surface area contributed by atoms with E-state index in [1.54, 1.807) is 17.5 Å². The van der Waals surface area contributed by atoms with Crippen LogP contribution >= 0.6 is 11.3 Å². The second-order valence-electron chi connectivity index (χ2n) is 2.69. The van der Waals surface area contributed by atoms with Gasteiger partial charge in [-0.05, 0) is 37.4 Å². The van der Waals surface area contributed by atoms with Gasteiger partial charge in [-0.15, -0.1) is 11.3 Å². The standard InChI is InChI=1S/C6H7N.C5H6S/c1-6-4-2-3-5-7-6;1-5-3-2-4-6-5/h2-5H,1H3;2-4H,1H3. The maximum absolute atomic E-state index is 3.98. The minimum Gasteiger partial charge on any atom is -0.262 e. The molecule has 0 aliphatic heterocycles. The number of hydrogen-bond acceptors (Lipinski definition) is 2. The molecule has 0 atom stereocenters. The van der Waals surface area contributed by atoms with Gasteiger partial charge in [0.2, 0.25) is 0 Å². The molecule has 13 heavy (non-hydrogen) atoms. The monoisotopic (exact) mass is 191 g/mol. The molecule has 2 rings (SSSR count). The van der Waals surface area contributed by atoms with Gasteiger partial charge in [0.25, 0.3) is 0 Å². The zero-order valence-electron chi connectivity index (χ0n) is 7.90. The molecule has 2 heterocycles. The van der Waals surface area contributed by atoms with E-state index >= 15 is 0 Å². The first-order valence-corrected chi connectivity index (χ1v) is 5.05. The minimum absolute atomic E-state index is 1.07. The number of nitrogens with zero attached hydrogens (tertiary/aromatic N) is 1. The molecule has 0 saturated heterocycles. The number of pyridine rings is 1. The molecule has 2 aromatic rings. The molecule has 1 nitrogen and oxygen atoms in total. The van der Waals surface area contributed by atoms with E-state index in [4.69, 9.17) is 0 Å². The van der Waals surface area contributed by atoms with E-state index in [2.05, 4.69) is 29.4 Å². The fourth-order valence-electron chi connectivity index (χ4n) is 0.809. The van der Waals surface area contributed by atoms with Crippen LogP contribution in [0.1, 0.15) is 10.6 Å². The van der Waals surface area contributed by atoms with Crippen molar-refractivity contribution in [2.45, 2.75) is 13.8 Å². The third kappa shape index (κ3) is 4.43. The Hall–Kier alpha value is -1.15. The van der Waals surface area contributed by atoms with Crippen molar-refractivity contribution in [2.75, 3.05) is 0 Å². The quantitative estimate of drug-likeness (QED) is 0.621. The van der Waals surface area contributed by atoms with E-state index in [1.807, 2.05) is 25.1 Å². The molecule has 0 fully saturated rings. The van der Waals surface area contributed by atoms with E-state index in [0.717, 1.165) is 5.69 Å². The zero-order valence-corrected chi connectivity index (χ0v) is 8.71. The van der Waals surface area contributed by atoms with E-state index in [1.165, 1.54) is 4.88 Å². The first kappa shape index (κ1) is 9.93. The molecule has 2 heteroatoms. The van der Waals surface area contributed by atoms with Crippen molar-refractivity contribution < 1.29 is 0 Å². The predicted octanol–water partition coefficient (Wildman–Crippen LogP) is 3.45. The molecule has 0 unspecified atom stereocenters. The van der Waals surface area contributed by atoms with Gasteiger partial charge in [0.15, 0.2) is 0 Å². The topological polar surface area (TPSA) is 12.9 Å². The summed E-state index contributed by atoms with van der Waals surface area (Å²) in [4.78, 5) is 5.36. The molecule has 0 spiro atoms. The lowest BCUT2D eigenvalue weighted by Gasteiger charge is -1.82. The molecule has 0 saturated carbocycles. The summed E-state index contributed by atoms with van der Waals surface area (Å²) in [6, 6.07) is 10.0. The number of aryl methyl sites for hydroxylation is 2. The molecular formula is C11H13NS. The highest BCUT2D eigenvalue weighted by atomic mass is 32.1. The molecule has 0 aliphatic carbocycles. The van der Waals surface area contributed by atoms with Gasteiger partial charge < -0.3 is 0 Å².